The summed E-state index contributed by atoms with van der Waals surface area (Å²) < 4.78 is 8.56. The van der Waals surface area contributed by atoms with Crippen LogP contribution in [0.25, 0.3) is 10.2 Å². The summed E-state index contributed by atoms with van der Waals surface area (Å²) in [4.78, 5) is 17.4. The second-order valence-electron chi connectivity index (χ2n) is 5.86. The molecular formula is C20H22N2O2S. The second-order valence-corrected chi connectivity index (χ2v) is 6.87. The van der Waals surface area contributed by atoms with Crippen molar-refractivity contribution in [3.63, 3.8) is 0 Å². The summed E-state index contributed by atoms with van der Waals surface area (Å²) in [5.74, 6) is 0.710. The Balaban J connectivity index is 1.86. The fourth-order valence-corrected chi connectivity index (χ4v) is 3.76. The summed E-state index contributed by atoms with van der Waals surface area (Å²) in [6.45, 7) is 4.72. The SMILES string of the molecule is CCOc1ccc2c(c1)sc(=NC(=O)Cc1ccc(CC)cc1)n2C. The van der Waals surface area contributed by atoms with Crippen molar-refractivity contribution in [1.82, 2.24) is 4.57 Å². The molecule has 0 saturated carbocycles. The van der Waals surface area contributed by atoms with Gasteiger partial charge in [0.2, 0.25) is 0 Å². The molecule has 3 aromatic rings. The zero-order chi connectivity index (χ0) is 17.8. The Morgan fingerprint density at radius 1 is 1.12 bits per heavy atom. The van der Waals surface area contributed by atoms with E-state index in [2.05, 4.69) is 24.0 Å². The van der Waals surface area contributed by atoms with Crippen molar-refractivity contribution in [2.45, 2.75) is 26.7 Å². The quantitative estimate of drug-likeness (QED) is 0.698. The highest BCUT2D eigenvalue weighted by Crippen LogP contribution is 2.22. The molecule has 0 radical (unpaired) electrons. The third-order valence-corrected chi connectivity index (χ3v) is 5.19. The van der Waals surface area contributed by atoms with Gasteiger partial charge in [-0.1, -0.05) is 42.5 Å². The smallest absolute Gasteiger partial charge is 0.252 e. The van der Waals surface area contributed by atoms with Crippen LogP contribution in [0.15, 0.2) is 47.5 Å². The van der Waals surface area contributed by atoms with Crippen molar-refractivity contribution in [3.05, 3.63) is 58.4 Å². The number of carbonyl (C=O) groups excluding carboxylic acids is 1. The van der Waals surface area contributed by atoms with Gasteiger partial charge in [-0.15, -0.1) is 0 Å². The number of nitrogens with zero attached hydrogens (tertiary/aromatic N) is 2. The lowest BCUT2D eigenvalue weighted by Gasteiger charge is -2.02. The van der Waals surface area contributed by atoms with Crippen molar-refractivity contribution in [2.24, 2.45) is 12.0 Å². The first kappa shape index (κ1) is 17.4. The van der Waals surface area contributed by atoms with Crippen LogP contribution in [-0.4, -0.2) is 17.1 Å². The van der Waals surface area contributed by atoms with E-state index in [1.54, 1.807) is 0 Å². The van der Waals surface area contributed by atoms with E-state index in [1.807, 2.05) is 48.9 Å². The molecule has 0 atom stereocenters. The van der Waals surface area contributed by atoms with Gasteiger partial charge in [0.05, 0.1) is 23.2 Å². The maximum atomic E-state index is 12.3. The molecule has 0 saturated heterocycles. The number of amides is 1. The molecule has 3 rings (SSSR count). The molecule has 0 aliphatic carbocycles. The van der Waals surface area contributed by atoms with Crippen LogP contribution in [-0.2, 0) is 24.7 Å². The molecule has 0 spiro atoms. The fraction of sp³-hybridized carbons (Fsp3) is 0.300. The van der Waals surface area contributed by atoms with Crippen molar-refractivity contribution in [1.29, 1.82) is 0 Å². The van der Waals surface area contributed by atoms with E-state index in [0.29, 0.717) is 17.8 Å². The summed E-state index contributed by atoms with van der Waals surface area (Å²) in [6, 6.07) is 14.1. The molecule has 0 N–H and O–H groups in total. The van der Waals surface area contributed by atoms with Crippen molar-refractivity contribution < 1.29 is 9.53 Å². The number of hydrogen-bond acceptors (Lipinski definition) is 3. The third kappa shape index (κ3) is 3.99. The molecule has 1 aromatic heterocycles. The minimum atomic E-state index is -0.128. The highest BCUT2D eigenvalue weighted by molar-refractivity contribution is 7.16. The zero-order valence-electron chi connectivity index (χ0n) is 14.8. The predicted molar refractivity (Wildman–Crippen MR) is 102 cm³/mol. The molecule has 0 aliphatic heterocycles. The van der Waals surface area contributed by atoms with Crippen LogP contribution in [0.1, 0.15) is 25.0 Å². The maximum Gasteiger partial charge on any atom is 0.252 e. The number of rotatable bonds is 5. The number of aryl methyl sites for hydroxylation is 2. The summed E-state index contributed by atoms with van der Waals surface area (Å²) in [7, 11) is 1.93. The van der Waals surface area contributed by atoms with E-state index in [9.17, 15) is 4.79 Å². The molecule has 0 aliphatic rings. The van der Waals surface area contributed by atoms with Gasteiger partial charge in [0.15, 0.2) is 4.80 Å². The Morgan fingerprint density at radius 3 is 2.52 bits per heavy atom. The number of fused-ring (bicyclic) bond motifs is 1. The van der Waals surface area contributed by atoms with Crippen molar-refractivity contribution in [2.75, 3.05) is 6.61 Å². The molecule has 5 heteroatoms. The standard InChI is InChI=1S/C20H22N2O2S/c1-4-14-6-8-15(9-7-14)12-19(23)21-20-22(3)17-11-10-16(24-5-2)13-18(17)25-20/h6-11,13H,4-5,12H2,1-3H3. The topological polar surface area (TPSA) is 43.6 Å². The minimum absolute atomic E-state index is 0.128. The number of thiazole rings is 1. The Kier molecular flexibility index (Phi) is 5.34. The fourth-order valence-electron chi connectivity index (χ4n) is 2.69. The molecule has 0 fully saturated rings. The summed E-state index contributed by atoms with van der Waals surface area (Å²) in [5, 5.41) is 0. The van der Waals surface area contributed by atoms with E-state index >= 15 is 0 Å². The number of carbonyl (C=O) groups is 1. The van der Waals surface area contributed by atoms with Gasteiger partial charge in [0, 0.05) is 7.05 Å². The monoisotopic (exact) mass is 354 g/mol. The number of hydrogen-bond donors (Lipinski definition) is 0. The van der Waals surface area contributed by atoms with Crippen LogP contribution < -0.4 is 9.54 Å². The highest BCUT2D eigenvalue weighted by Gasteiger charge is 2.07. The van der Waals surface area contributed by atoms with E-state index in [-0.39, 0.29) is 5.91 Å². The molecular weight excluding hydrogens is 332 g/mol. The van der Waals surface area contributed by atoms with Gasteiger partial charge in [-0.3, -0.25) is 4.79 Å². The maximum absolute atomic E-state index is 12.3. The first-order chi connectivity index (χ1) is 12.1. The number of aromatic nitrogens is 1. The molecule has 1 heterocycles. The summed E-state index contributed by atoms with van der Waals surface area (Å²) in [6.07, 6.45) is 1.32. The zero-order valence-corrected chi connectivity index (χ0v) is 15.6. The average Bonchev–Trinajstić information content (AvgIpc) is 2.91. The highest BCUT2D eigenvalue weighted by atomic mass is 32.1. The van der Waals surface area contributed by atoms with E-state index in [0.717, 1.165) is 28.0 Å². The van der Waals surface area contributed by atoms with Crippen LogP contribution in [0.2, 0.25) is 0 Å². The Bertz CT molecular complexity index is 952. The normalized spacial score (nSPS) is 11.9. The largest absolute Gasteiger partial charge is 0.494 e. The first-order valence-corrected chi connectivity index (χ1v) is 9.30. The van der Waals surface area contributed by atoms with Crippen LogP contribution in [0.5, 0.6) is 5.75 Å². The van der Waals surface area contributed by atoms with Crippen LogP contribution in [0, 0.1) is 0 Å². The Labute approximate surface area is 151 Å². The molecule has 130 valence electrons. The summed E-state index contributed by atoms with van der Waals surface area (Å²) >= 11 is 1.50. The van der Waals surface area contributed by atoms with E-state index in [1.165, 1.54) is 16.9 Å². The van der Waals surface area contributed by atoms with E-state index in [4.69, 9.17) is 4.74 Å². The lowest BCUT2D eigenvalue weighted by Crippen LogP contribution is -2.14. The van der Waals surface area contributed by atoms with Crippen LogP contribution >= 0.6 is 11.3 Å². The van der Waals surface area contributed by atoms with Gasteiger partial charge in [-0.05, 0) is 42.7 Å². The molecule has 4 nitrogen and oxygen atoms in total. The molecule has 0 unspecified atom stereocenters. The van der Waals surface area contributed by atoms with Crippen LogP contribution in [0.3, 0.4) is 0 Å². The lowest BCUT2D eigenvalue weighted by atomic mass is 10.1. The minimum Gasteiger partial charge on any atom is -0.494 e. The average molecular weight is 354 g/mol. The summed E-state index contributed by atoms with van der Waals surface area (Å²) in [5.41, 5.74) is 3.31. The molecule has 1 amide bonds. The van der Waals surface area contributed by atoms with Gasteiger partial charge in [0.1, 0.15) is 5.75 Å². The second kappa shape index (κ2) is 7.66. The van der Waals surface area contributed by atoms with Crippen molar-refractivity contribution >= 4 is 27.5 Å². The Morgan fingerprint density at radius 2 is 1.84 bits per heavy atom. The van der Waals surface area contributed by atoms with Gasteiger partial charge in [0.25, 0.3) is 5.91 Å². The predicted octanol–water partition coefficient (Wildman–Crippen LogP) is 3.87. The number of ether oxygens (including phenoxy) is 1. The lowest BCUT2D eigenvalue weighted by molar-refractivity contribution is -0.117. The van der Waals surface area contributed by atoms with Gasteiger partial charge in [-0.2, -0.15) is 4.99 Å². The Hall–Kier alpha value is -2.40. The molecule has 25 heavy (non-hydrogen) atoms. The van der Waals surface area contributed by atoms with Crippen molar-refractivity contribution in [3.8, 4) is 5.75 Å². The van der Waals surface area contributed by atoms with Gasteiger partial charge in [-0.25, -0.2) is 0 Å². The van der Waals surface area contributed by atoms with Crippen LogP contribution in [0.4, 0.5) is 0 Å². The molecule has 0 bridgehead atoms. The molecule has 2 aromatic carbocycles. The first-order valence-electron chi connectivity index (χ1n) is 8.48. The number of benzene rings is 2. The van der Waals surface area contributed by atoms with Gasteiger partial charge < -0.3 is 9.30 Å². The third-order valence-electron chi connectivity index (χ3n) is 4.10. The van der Waals surface area contributed by atoms with E-state index < -0.39 is 0 Å². The van der Waals surface area contributed by atoms with Gasteiger partial charge >= 0.3 is 0 Å².